The fraction of sp³-hybridized carbons (Fsp3) is 0.857. The van der Waals surface area contributed by atoms with Crippen molar-refractivity contribution in [1.29, 1.82) is 0 Å². The van der Waals surface area contributed by atoms with Gasteiger partial charge in [0.05, 0.1) is 7.74 Å². The molecule has 0 aromatic carbocycles. The van der Waals surface area contributed by atoms with Crippen LogP contribution >= 0.6 is 0 Å². The number of fused-ring (bicyclic) bond motifs is 1. The number of rotatable bonds is 2. The minimum Gasteiger partial charge on any atom is -0.347 e. The van der Waals surface area contributed by atoms with Gasteiger partial charge in [-0.1, -0.05) is 6.92 Å². The summed E-state index contributed by atoms with van der Waals surface area (Å²) < 4.78 is 0. The molecule has 2 fully saturated rings. The van der Waals surface area contributed by atoms with Crippen LogP contribution in [0.5, 0.6) is 0 Å². The van der Waals surface area contributed by atoms with Crippen molar-refractivity contribution in [2.75, 3.05) is 0 Å². The Morgan fingerprint density at radius 2 is 2.45 bits per heavy atom. The van der Waals surface area contributed by atoms with Crippen molar-refractivity contribution in [2.24, 2.45) is 5.41 Å². The zero-order valence-corrected chi connectivity index (χ0v) is 7.21. The van der Waals surface area contributed by atoms with Crippen LogP contribution in [0.4, 0.5) is 0 Å². The van der Waals surface area contributed by atoms with E-state index < -0.39 is 0 Å². The van der Waals surface area contributed by atoms with Crippen LogP contribution in [0.3, 0.4) is 0 Å². The molecule has 1 saturated carbocycles. The fourth-order valence-corrected chi connectivity index (χ4v) is 2.48. The average molecular weight is 149 g/mol. The maximum Gasteiger partial charge on any atom is 0.209 e. The van der Waals surface area contributed by atoms with Gasteiger partial charge in [0.2, 0.25) is 6.41 Å². The summed E-state index contributed by atoms with van der Waals surface area (Å²) in [4.78, 5) is 12.7. The number of piperidine rings is 1. The zero-order chi connectivity index (χ0) is 8.06. The molecular formula is C7H13B2NO. The van der Waals surface area contributed by atoms with Gasteiger partial charge in [0.1, 0.15) is 7.17 Å². The second kappa shape index (κ2) is 2.05. The van der Waals surface area contributed by atoms with Gasteiger partial charge in [-0.15, -0.1) is 0 Å². The van der Waals surface area contributed by atoms with Gasteiger partial charge < -0.3 is 4.90 Å². The van der Waals surface area contributed by atoms with E-state index in [2.05, 4.69) is 14.7 Å². The molecule has 0 unspecified atom stereocenters. The fourth-order valence-electron chi connectivity index (χ4n) is 2.48. The summed E-state index contributed by atoms with van der Waals surface area (Å²) in [5.74, 6) is 0.538. The monoisotopic (exact) mass is 149 g/mol. The van der Waals surface area contributed by atoms with Gasteiger partial charge in [0.25, 0.3) is 0 Å². The molecule has 0 aromatic heterocycles. The van der Waals surface area contributed by atoms with Gasteiger partial charge in [0, 0.05) is 6.04 Å². The van der Waals surface area contributed by atoms with Gasteiger partial charge in [0.15, 0.2) is 0 Å². The van der Waals surface area contributed by atoms with Gasteiger partial charge in [-0.25, -0.2) is 0 Å². The van der Waals surface area contributed by atoms with Crippen LogP contribution in [-0.2, 0) is 4.79 Å². The van der Waals surface area contributed by atoms with E-state index in [1.165, 1.54) is 12.8 Å². The number of amides is 1. The van der Waals surface area contributed by atoms with Gasteiger partial charge >= 0.3 is 0 Å². The predicted molar refractivity (Wildman–Crippen MR) is 48.5 cm³/mol. The summed E-state index contributed by atoms with van der Waals surface area (Å²) in [5.41, 5.74) is 0.502. The maximum absolute atomic E-state index is 10.7. The van der Waals surface area contributed by atoms with Crippen molar-refractivity contribution in [1.82, 2.24) is 4.90 Å². The highest BCUT2D eigenvalue weighted by Crippen LogP contribution is 2.58. The lowest BCUT2D eigenvalue weighted by atomic mass is 9.49. The minimum absolute atomic E-state index is 0.502. The van der Waals surface area contributed by atoms with Crippen LogP contribution in [0.2, 0.25) is 0 Å². The normalized spacial score (nSPS) is 46.8. The Bertz CT molecular complexity index is 199. The van der Waals surface area contributed by atoms with Crippen LogP contribution in [0, 0.1) is 5.41 Å². The number of nitrogens with zero attached hydrogens (tertiary/aromatic N) is 1. The Morgan fingerprint density at radius 1 is 1.73 bits per heavy atom. The molecule has 3 atom stereocenters. The molecular weight excluding hydrogens is 136 g/mol. The summed E-state index contributed by atoms with van der Waals surface area (Å²) in [5, 5.41) is 0. The van der Waals surface area contributed by atoms with Crippen molar-refractivity contribution < 1.29 is 4.79 Å². The van der Waals surface area contributed by atoms with E-state index >= 15 is 0 Å². The van der Waals surface area contributed by atoms with E-state index in [1.807, 2.05) is 4.90 Å². The first-order valence-corrected chi connectivity index (χ1v) is 4.44. The highest BCUT2D eigenvalue weighted by atomic mass is 16.1. The van der Waals surface area contributed by atoms with Crippen molar-refractivity contribution in [3.8, 4) is 0 Å². The molecule has 0 bridgehead atoms. The molecule has 4 heteroatoms. The van der Waals surface area contributed by atoms with E-state index in [4.69, 9.17) is 0 Å². The molecule has 0 N–H and O–H groups in total. The molecule has 0 radical (unpaired) electrons. The molecule has 2 aliphatic rings. The lowest BCUT2D eigenvalue weighted by Crippen LogP contribution is -2.36. The molecule has 0 aromatic rings. The van der Waals surface area contributed by atoms with Crippen LogP contribution in [-0.4, -0.2) is 38.2 Å². The third-order valence-corrected chi connectivity index (χ3v) is 3.38. The summed E-state index contributed by atoms with van der Waals surface area (Å²) in [6.45, 7) is 2.30. The Morgan fingerprint density at radius 3 is 2.91 bits per heavy atom. The first-order valence-electron chi connectivity index (χ1n) is 4.44. The van der Waals surface area contributed by atoms with E-state index in [-0.39, 0.29) is 0 Å². The third-order valence-electron chi connectivity index (χ3n) is 3.38. The zero-order valence-electron chi connectivity index (χ0n) is 7.21. The van der Waals surface area contributed by atoms with Crippen LogP contribution in [0.15, 0.2) is 0 Å². The van der Waals surface area contributed by atoms with Crippen molar-refractivity contribution in [3.63, 3.8) is 0 Å². The quantitative estimate of drug-likeness (QED) is 0.361. The Balaban J connectivity index is 2.12. The van der Waals surface area contributed by atoms with E-state index in [0.717, 1.165) is 13.6 Å². The third kappa shape index (κ3) is 0.846. The largest absolute Gasteiger partial charge is 0.347 e. The van der Waals surface area contributed by atoms with Crippen LogP contribution in [0.25, 0.3) is 0 Å². The van der Waals surface area contributed by atoms with Gasteiger partial charge in [-0.3, -0.25) is 4.79 Å². The maximum atomic E-state index is 10.7. The molecule has 2 rings (SSSR count). The minimum atomic E-state index is 0.502. The summed E-state index contributed by atoms with van der Waals surface area (Å²) in [6, 6.07) is 0.588. The van der Waals surface area contributed by atoms with Crippen molar-refractivity contribution >= 4 is 21.3 Å². The summed E-state index contributed by atoms with van der Waals surface area (Å²) in [7, 11) is 3.28. The number of hydrogen-bond acceptors (Lipinski definition) is 1. The number of likely N-dealkylation sites (tertiary alicyclic amines) is 1. The van der Waals surface area contributed by atoms with E-state index in [0.29, 0.717) is 17.4 Å². The molecule has 1 heterocycles. The standard InChI is InChI=1S/C7H13B2NO/c1-7-2-5(7)10(4-11)6(3-7)9-8/h4-6,9H,2-3,8H2,1H3/t5-,6+,7-/m1/s1. The second-order valence-electron chi connectivity index (χ2n) is 4.19. The number of carbonyl (C=O) groups is 1. The average Bonchev–Trinajstić information content (AvgIpc) is 2.56. The predicted octanol–water partition coefficient (Wildman–Crippen LogP) is -1.06. The number of carbonyl (C=O) groups excluding carboxylic acids is 1. The Hall–Kier alpha value is -0.400. The van der Waals surface area contributed by atoms with Crippen LogP contribution in [0.1, 0.15) is 19.8 Å². The molecule has 1 aliphatic carbocycles. The molecule has 11 heavy (non-hydrogen) atoms. The molecule has 0 spiro atoms. The molecule has 1 aliphatic heterocycles. The first-order chi connectivity index (χ1) is 5.21. The first kappa shape index (κ1) is 7.26. The molecule has 1 amide bonds. The van der Waals surface area contributed by atoms with E-state index in [1.54, 1.807) is 0 Å². The molecule has 1 saturated heterocycles. The number of hydrogen-bond donors (Lipinski definition) is 0. The summed E-state index contributed by atoms with van der Waals surface area (Å²) >= 11 is 0. The lowest BCUT2D eigenvalue weighted by molar-refractivity contribution is -0.118. The van der Waals surface area contributed by atoms with Crippen molar-refractivity contribution in [3.05, 3.63) is 0 Å². The Kier molecular flexibility index (Phi) is 1.35. The van der Waals surface area contributed by atoms with E-state index in [9.17, 15) is 4.79 Å². The Labute approximate surface area is 69.0 Å². The van der Waals surface area contributed by atoms with Gasteiger partial charge in [-0.05, 0) is 24.2 Å². The van der Waals surface area contributed by atoms with Crippen molar-refractivity contribution in [2.45, 2.75) is 31.7 Å². The smallest absolute Gasteiger partial charge is 0.209 e. The molecule has 58 valence electrons. The lowest BCUT2D eigenvalue weighted by Gasteiger charge is -2.21. The SMILES string of the molecule is BB[C@@H]1C[C@@]2(C)C[C@H]2N1C=O. The highest BCUT2D eigenvalue weighted by molar-refractivity contribution is 6.90. The van der Waals surface area contributed by atoms with Gasteiger partial charge in [-0.2, -0.15) is 0 Å². The highest BCUT2D eigenvalue weighted by Gasteiger charge is 2.60. The second-order valence-corrected chi connectivity index (χ2v) is 4.19. The topological polar surface area (TPSA) is 20.3 Å². The molecule has 2 nitrogen and oxygen atoms in total. The van der Waals surface area contributed by atoms with Crippen LogP contribution < -0.4 is 0 Å². The summed E-state index contributed by atoms with van der Waals surface area (Å²) in [6.07, 6.45) is 3.51.